The number of carbonyl (C=O) groups excluding carboxylic acids is 1. The number of hydrogen-bond donors (Lipinski definition) is 0. The van der Waals surface area contributed by atoms with Crippen LogP contribution in [0.1, 0.15) is 44.9 Å². The zero-order chi connectivity index (χ0) is 17.9. The van der Waals surface area contributed by atoms with Crippen molar-refractivity contribution >= 4 is 11.9 Å². The minimum Gasteiger partial charge on any atom is -0.444 e. The van der Waals surface area contributed by atoms with Crippen LogP contribution in [0.25, 0.3) is 0 Å². The molecule has 130 valence electrons. The molecule has 1 aliphatic heterocycles. The molecule has 0 saturated carbocycles. The Morgan fingerprint density at radius 3 is 2.54 bits per heavy atom. The first-order valence-corrected chi connectivity index (χ1v) is 8.30. The third kappa shape index (κ3) is 4.38. The summed E-state index contributed by atoms with van der Waals surface area (Å²) in [5, 5.41) is 9.12. The van der Waals surface area contributed by atoms with Crippen LogP contribution in [0, 0.1) is 18.3 Å². The van der Waals surface area contributed by atoms with Crippen LogP contribution in [0.2, 0.25) is 0 Å². The fourth-order valence-corrected chi connectivity index (χ4v) is 2.77. The lowest BCUT2D eigenvalue weighted by Gasteiger charge is -2.37. The highest BCUT2D eigenvalue weighted by molar-refractivity contribution is 5.68. The molecule has 0 bridgehead atoms. The van der Waals surface area contributed by atoms with E-state index < -0.39 is 5.60 Å². The molecule has 1 aromatic rings. The van der Waals surface area contributed by atoms with E-state index >= 15 is 0 Å². The molecule has 6 nitrogen and oxygen atoms in total. The summed E-state index contributed by atoms with van der Waals surface area (Å²) in [7, 11) is 1.80. The maximum absolute atomic E-state index is 12.2. The number of aromatic nitrogens is 1. The van der Waals surface area contributed by atoms with Crippen molar-refractivity contribution in [1.29, 1.82) is 5.26 Å². The Morgan fingerprint density at radius 2 is 2.00 bits per heavy atom. The van der Waals surface area contributed by atoms with Crippen LogP contribution in [-0.4, -0.2) is 47.8 Å². The number of aryl methyl sites for hydroxylation is 1. The highest BCUT2D eigenvalue weighted by Gasteiger charge is 2.29. The van der Waals surface area contributed by atoms with Gasteiger partial charge in [0.25, 0.3) is 0 Å². The summed E-state index contributed by atoms with van der Waals surface area (Å²) in [6.45, 7) is 9.11. The Hall–Kier alpha value is -2.29. The average Bonchev–Trinajstić information content (AvgIpc) is 2.53. The Bertz CT molecular complexity index is 637. The largest absolute Gasteiger partial charge is 0.444 e. The number of ether oxygens (including phenoxy) is 1. The van der Waals surface area contributed by atoms with Crippen molar-refractivity contribution in [2.24, 2.45) is 0 Å². The first-order chi connectivity index (χ1) is 11.2. The van der Waals surface area contributed by atoms with Crippen molar-refractivity contribution in [1.82, 2.24) is 9.88 Å². The number of amides is 1. The third-order valence-electron chi connectivity index (χ3n) is 4.21. The monoisotopic (exact) mass is 330 g/mol. The topological polar surface area (TPSA) is 69.5 Å². The van der Waals surface area contributed by atoms with E-state index in [2.05, 4.69) is 16.0 Å². The Balaban J connectivity index is 1.96. The SMILES string of the molecule is Cc1ccc(N2CCC(N(C)C(=O)OC(C)(C)C)CC2)nc1C#N. The quantitative estimate of drug-likeness (QED) is 0.833. The van der Waals surface area contributed by atoms with Gasteiger partial charge in [0.1, 0.15) is 23.2 Å². The molecule has 0 aliphatic carbocycles. The van der Waals surface area contributed by atoms with Crippen molar-refractivity contribution in [2.45, 2.75) is 52.2 Å². The molecule has 1 amide bonds. The standard InChI is InChI=1S/C18H26N4O2/c1-13-6-7-16(20-15(13)12-19)22-10-8-14(9-11-22)21(5)17(23)24-18(2,3)4/h6-7,14H,8-11H2,1-5H3. The van der Waals surface area contributed by atoms with E-state index in [4.69, 9.17) is 10.00 Å². The van der Waals surface area contributed by atoms with Crippen LogP contribution in [0.5, 0.6) is 0 Å². The molecule has 0 spiro atoms. The zero-order valence-electron chi connectivity index (χ0n) is 15.2. The molecule has 0 radical (unpaired) electrons. The molecule has 1 aromatic heterocycles. The fourth-order valence-electron chi connectivity index (χ4n) is 2.77. The lowest BCUT2D eigenvalue weighted by Crippen LogP contribution is -2.47. The van der Waals surface area contributed by atoms with Crippen molar-refractivity contribution < 1.29 is 9.53 Å². The van der Waals surface area contributed by atoms with Crippen LogP contribution in [0.3, 0.4) is 0 Å². The minimum atomic E-state index is -0.481. The first-order valence-electron chi connectivity index (χ1n) is 8.30. The van der Waals surface area contributed by atoms with Crippen molar-refractivity contribution in [3.8, 4) is 6.07 Å². The van der Waals surface area contributed by atoms with Crippen molar-refractivity contribution in [2.75, 3.05) is 25.0 Å². The Morgan fingerprint density at radius 1 is 1.38 bits per heavy atom. The smallest absolute Gasteiger partial charge is 0.410 e. The van der Waals surface area contributed by atoms with Gasteiger partial charge in [-0.15, -0.1) is 0 Å². The normalized spacial score (nSPS) is 15.8. The number of anilines is 1. The van der Waals surface area contributed by atoms with E-state index in [0.717, 1.165) is 37.3 Å². The molecule has 2 heterocycles. The van der Waals surface area contributed by atoms with Gasteiger partial charge in [-0.1, -0.05) is 6.07 Å². The number of rotatable bonds is 2. The molecule has 0 atom stereocenters. The van der Waals surface area contributed by atoms with Gasteiger partial charge in [0.2, 0.25) is 0 Å². The molecular formula is C18H26N4O2. The number of piperidine rings is 1. The van der Waals surface area contributed by atoms with Crippen LogP contribution < -0.4 is 4.90 Å². The maximum atomic E-state index is 12.2. The van der Waals surface area contributed by atoms with Gasteiger partial charge in [-0.25, -0.2) is 9.78 Å². The predicted molar refractivity (Wildman–Crippen MR) is 92.9 cm³/mol. The van der Waals surface area contributed by atoms with E-state index in [1.165, 1.54) is 0 Å². The summed E-state index contributed by atoms with van der Waals surface area (Å²) >= 11 is 0. The van der Waals surface area contributed by atoms with E-state index in [1.807, 2.05) is 39.8 Å². The summed E-state index contributed by atoms with van der Waals surface area (Å²) in [6, 6.07) is 6.18. The van der Waals surface area contributed by atoms with Gasteiger partial charge in [-0.2, -0.15) is 5.26 Å². The van der Waals surface area contributed by atoms with Crippen LogP contribution >= 0.6 is 0 Å². The number of pyridine rings is 1. The summed E-state index contributed by atoms with van der Waals surface area (Å²) in [5.74, 6) is 0.829. The van der Waals surface area contributed by atoms with Crippen LogP contribution in [0.15, 0.2) is 12.1 Å². The van der Waals surface area contributed by atoms with E-state index in [1.54, 1.807) is 11.9 Å². The number of carbonyl (C=O) groups is 1. The molecule has 1 saturated heterocycles. The molecule has 1 aliphatic rings. The average molecular weight is 330 g/mol. The van der Waals surface area contributed by atoms with Gasteiger partial charge in [0.05, 0.1) is 0 Å². The maximum Gasteiger partial charge on any atom is 0.410 e. The molecule has 6 heteroatoms. The summed E-state index contributed by atoms with van der Waals surface area (Å²) in [4.78, 5) is 20.5. The number of nitriles is 1. The van der Waals surface area contributed by atoms with E-state index in [-0.39, 0.29) is 12.1 Å². The molecule has 0 aromatic carbocycles. The minimum absolute atomic E-state index is 0.164. The molecule has 2 rings (SSSR count). The van der Waals surface area contributed by atoms with Gasteiger partial charge < -0.3 is 14.5 Å². The van der Waals surface area contributed by atoms with Crippen LogP contribution in [-0.2, 0) is 4.74 Å². The highest BCUT2D eigenvalue weighted by atomic mass is 16.6. The second-order valence-corrected chi connectivity index (χ2v) is 7.26. The van der Waals surface area contributed by atoms with Crippen LogP contribution in [0.4, 0.5) is 10.6 Å². The van der Waals surface area contributed by atoms with E-state index in [0.29, 0.717) is 5.69 Å². The molecule has 0 unspecified atom stereocenters. The first kappa shape index (κ1) is 18.1. The predicted octanol–water partition coefficient (Wildman–Crippen LogP) is 3.10. The number of nitrogens with zero attached hydrogens (tertiary/aromatic N) is 4. The van der Waals surface area contributed by atoms with Gasteiger partial charge in [0.15, 0.2) is 0 Å². The van der Waals surface area contributed by atoms with Gasteiger partial charge in [-0.05, 0) is 52.2 Å². The van der Waals surface area contributed by atoms with Gasteiger partial charge in [-0.3, -0.25) is 0 Å². The molecule has 1 fully saturated rings. The second-order valence-electron chi connectivity index (χ2n) is 7.26. The summed E-state index contributed by atoms with van der Waals surface area (Å²) in [5.41, 5.74) is 0.882. The molecular weight excluding hydrogens is 304 g/mol. The summed E-state index contributed by atoms with van der Waals surface area (Å²) in [6.07, 6.45) is 1.43. The summed E-state index contributed by atoms with van der Waals surface area (Å²) < 4.78 is 5.43. The van der Waals surface area contributed by atoms with Crippen molar-refractivity contribution in [3.63, 3.8) is 0 Å². The van der Waals surface area contributed by atoms with Gasteiger partial charge >= 0.3 is 6.09 Å². The Kier molecular flexibility index (Phi) is 5.33. The zero-order valence-corrected chi connectivity index (χ0v) is 15.2. The lowest BCUT2D eigenvalue weighted by atomic mass is 10.0. The Labute approximate surface area is 144 Å². The molecule has 24 heavy (non-hydrogen) atoms. The third-order valence-corrected chi connectivity index (χ3v) is 4.21. The fraction of sp³-hybridized carbons (Fsp3) is 0.611. The molecule has 0 N–H and O–H groups in total. The van der Waals surface area contributed by atoms with Crippen molar-refractivity contribution in [3.05, 3.63) is 23.4 Å². The second kappa shape index (κ2) is 7.08. The highest BCUT2D eigenvalue weighted by Crippen LogP contribution is 2.23. The van der Waals surface area contributed by atoms with E-state index in [9.17, 15) is 4.79 Å². The lowest BCUT2D eigenvalue weighted by molar-refractivity contribution is 0.0201. The van der Waals surface area contributed by atoms with Gasteiger partial charge in [0, 0.05) is 26.2 Å². The number of hydrogen-bond acceptors (Lipinski definition) is 5.